The fourth-order valence-electron chi connectivity index (χ4n) is 7.48. The minimum atomic E-state index is -0.452. The fraction of sp³-hybridized carbons (Fsp3) is 0.857. The van der Waals surface area contributed by atoms with E-state index in [2.05, 4.69) is 19.9 Å². The van der Waals surface area contributed by atoms with Gasteiger partial charge in [0.1, 0.15) is 5.78 Å². The predicted octanol–water partition coefficient (Wildman–Crippen LogP) is 2.46. The van der Waals surface area contributed by atoms with Crippen LogP contribution in [0.25, 0.3) is 0 Å². The number of ketones is 1. The van der Waals surface area contributed by atoms with E-state index < -0.39 is 12.2 Å². The Morgan fingerprint density at radius 2 is 1.88 bits per heavy atom. The molecule has 0 unspecified atom stereocenters. The zero-order valence-electron chi connectivity index (χ0n) is 15.6. The molecule has 3 N–H and O–H groups in total. The van der Waals surface area contributed by atoms with Crippen molar-refractivity contribution in [3.05, 3.63) is 11.6 Å². The second-order valence-corrected chi connectivity index (χ2v) is 9.74. The molecule has 4 aliphatic carbocycles. The van der Waals surface area contributed by atoms with Crippen LogP contribution in [0.3, 0.4) is 0 Å². The molecule has 0 bridgehead atoms. The molecule has 4 rings (SSSR count). The lowest BCUT2D eigenvalue weighted by atomic mass is 9.46. The molecule has 4 heteroatoms. The first-order valence-corrected chi connectivity index (χ1v) is 9.92. The molecule has 0 radical (unpaired) electrons. The van der Waals surface area contributed by atoms with Gasteiger partial charge < -0.3 is 15.3 Å². The summed E-state index contributed by atoms with van der Waals surface area (Å²) in [5.41, 5.74) is 0.907. The molecule has 0 heterocycles. The quantitative estimate of drug-likeness (QED) is 0.636. The largest absolute Gasteiger partial charge is 0.393 e. The molecule has 9 atom stereocenters. The van der Waals surface area contributed by atoms with Crippen LogP contribution in [0, 0.1) is 34.5 Å². The molecule has 0 saturated heterocycles. The first-order chi connectivity index (χ1) is 11.7. The van der Waals surface area contributed by atoms with Crippen LogP contribution in [0.1, 0.15) is 59.3 Å². The van der Waals surface area contributed by atoms with E-state index in [1.54, 1.807) is 6.92 Å². The van der Waals surface area contributed by atoms with Gasteiger partial charge in [0, 0.05) is 5.92 Å². The van der Waals surface area contributed by atoms with Crippen molar-refractivity contribution in [2.24, 2.45) is 34.5 Å². The minimum absolute atomic E-state index is 0.0799. The molecule has 0 aliphatic heterocycles. The lowest BCUT2D eigenvalue weighted by Gasteiger charge is -2.59. The Hall–Kier alpha value is -0.710. The first-order valence-electron chi connectivity index (χ1n) is 9.92. The average molecular weight is 348 g/mol. The average Bonchev–Trinajstić information content (AvgIpc) is 2.78. The zero-order valence-corrected chi connectivity index (χ0v) is 15.6. The Bertz CT molecular complexity index is 613. The van der Waals surface area contributed by atoms with Gasteiger partial charge in [-0.3, -0.25) is 4.79 Å². The van der Waals surface area contributed by atoms with Gasteiger partial charge >= 0.3 is 0 Å². The first kappa shape index (κ1) is 17.7. The van der Waals surface area contributed by atoms with E-state index >= 15 is 0 Å². The number of carbonyl (C=O) groups excluding carboxylic acids is 1. The Morgan fingerprint density at radius 3 is 2.56 bits per heavy atom. The normalized spacial score (nSPS) is 55.0. The Morgan fingerprint density at radius 1 is 1.16 bits per heavy atom. The Labute approximate surface area is 150 Å². The van der Waals surface area contributed by atoms with E-state index in [-0.39, 0.29) is 46.4 Å². The third-order valence-corrected chi connectivity index (χ3v) is 8.48. The number of carbonyl (C=O) groups is 1. The summed E-state index contributed by atoms with van der Waals surface area (Å²) in [6.07, 6.45) is 5.50. The van der Waals surface area contributed by atoms with Crippen molar-refractivity contribution in [2.75, 3.05) is 0 Å². The van der Waals surface area contributed by atoms with Gasteiger partial charge in [0.15, 0.2) is 0 Å². The maximum absolute atomic E-state index is 12.2. The van der Waals surface area contributed by atoms with Gasteiger partial charge in [0.05, 0.1) is 18.3 Å². The molecule has 0 aromatic heterocycles. The van der Waals surface area contributed by atoms with Crippen molar-refractivity contribution < 1.29 is 20.1 Å². The van der Waals surface area contributed by atoms with Gasteiger partial charge in [-0.25, -0.2) is 0 Å². The van der Waals surface area contributed by atoms with Crippen molar-refractivity contribution in [2.45, 2.75) is 77.6 Å². The van der Waals surface area contributed by atoms with E-state index in [0.717, 1.165) is 19.3 Å². The van der Waals surface area contributed by atoms with E-state index in [1.807, 2.05) is 0 Å². The number of aliphatic hydroxyl groups excluding tert-OH is 3. The third-order valence-electron chi connectivity index (χ3n) is 8.48. The second kappa shape index (κ2) is 5.64. The highest BCUT2D eigenvalue weighted by Crippen LogP contribution is 2.66. The van der Waals surface area contributed by atoms with Crippen LogP contribution >= 0.6 is 0 Å². The molecule has 0 aromatic carbocycles. The number of aliphatic hydroxyl groups is 3. The van der Waals surface area contributed by atoms with Crippen molar-refractivity contribution in [3.8, 4) is 0 Å². The predicted molar refractivity (Wildman–Crippen MR) is 94.7 cm³/mol. The summed E-state index contributed by atoms with van der Waals surface area (Å²) in [6, 6.07) is 0. The molecule has 140 valence electrons. The SMILES string of the molecule is CC(=O)[C@H]1C[C@@H](O)[C@H]2[C@@H]3CC=C4C[C@@H](O)CC[C@]4(C)[C@H]3[C@H](O)C[C@@]21C. The van der Waals surface area contributed by atoms with Crippen LogP contribution in [0.5, 0.6) is 0 Å². The van der Waals surface area contributed by atoms with Gasteiger partial charge in [-0.15, -0.1) is 0 Å². The van der Waals surface area contributed by atoms with Crippen LogP contribution in [0.15, 0.2) is 11.6 Å². The van der Waals surface area contributed by atoms with E-state index in [4.69, 9.17) is 0 Å². The van der Waals surface area contributed by atoms with Crippen molar-refractivity contribution in [1.29, 1.82) is 0 Å². The summed E-state index contributed by atoms with van der Waals surface area (Å²) in [5.74, 6) is 0.426. The third kappa shape index (κ3) is 2.33. The summed E-state index contributed by atoms with van der Waals surface area (Å²) < 4.78 is 0. The van der Waals surface area contributed by atoms with Gasteiger partial charge in [0.2, 0.25) is 0 Å². The molecular formula is C21H32O4. The molecule has 0 spiro atoms. The van der Waals surface area contributed by atoms with Gasteiger partial charge in [-0.1, -0.05) is 25.5 Å². The highest BCUT2D eigenvalue weighted by atomic mass is 16.3. The maximum atomic E-state index is 12.2. The van der Waals surface area contributed by atoms with Crippen LogP contribution in [-0.2, 0) is 4.79 Å². The summed E-state index contributed by atoms with van der Waals surface area (Å²) in [5, 5.41) is 32.1. The Kier molecular flexibility index (Phi) is 3.99. The highest BCUT2D eigenvalue weighted by molar-refractivity contribution is 5.79. The van der Waals surface area contributed by atoms with Gasteiger partial charge in [0.25, 0.3) is 0 Å². The second-order valence-electron chi connectivity index (χ2n) is 9.74. The van der Waals surface area contributed by atoms with Gasteiger partial charge in [-0.05, 0) is 74.0 Å². The lowest BCUT2D eigenvalue weighted by molar-refractivity contribution is -0.147. The number of hydrogen-bond acceptors (Lipinski definition) is 4. The summed E-state index contributed by atoms with van der Waals surface area (Å²) >= 11 is 0. The molecule has 0 aromatic rings. The summed E-state index contributed by atoms with van der Waals surface area (Å²) in [6.45, 7) is 6.00. The number of rotatable bonds is 1. The number of hydrogen-bond donors (Lipinski definition) is 3. The molecular weight excluding hydrogens is 316 g/mol. The van der Waals surface area contributed by atoms with E-state index in [0.29, 0.717) is 19.3 Å². The topological polar surface area (TPSA) is 77.8 Å². The number of Topliss-reactive ketones (excluding diaryl/α,β-unsaturated/α-hetero) is 1. The van der Waals surface area contributed by atoms with Crippen LogP contribution in [0.2, 0.25) is 0 Å². The van der Waals surface area contributed by atoms with Gasteiger partial charge in [-0.2, -0.15) is 0 Å². The zero-order chi connectivity index (χ0) is 18.1. The van der Waals surface area contributed by atoms with Crippen LogP contribution in [0.4, 0.5) is 0 Å². The van der Waals surface area contributed by atoms with Crippen molar-refractivity contribution in [3.63, 3.8) is 0 Å². The molecule has 25 heavy (non-hydrogen) atoms. The molecule has 4 aliphatic rings. The highest BCUT2D eigenvalue weighted by Gasteiger charge is 2.64. The minimum Gasteiger partial charge on any atom is -0.393 e. The summed E-state index contributed by atoms with van der Waals surface area (Å²) in [4.78, 5) is 12.2. The monoisotopic (exact) mass is 348 g/mol. The van der Waals surface area contributed by atoms with Crippen molar-refractivity contribution >= 4 is 5.78 Å². The van der Waals surface area contributed by atoms with E-state index in [9.17, 15) is 20.1 Å². The van der Waals surface area contributed by atoms with Crippen molar-refractivity contribution in [1.82, 2.24) is 0 Å². The number of fused-ring (bicyclic) bond motifs is 5. The fourth-order valence-corrected chi connectivity index (χ4v) is 7.48. The maximum Gasteiger partial charge on any atom is 0.133 e. The lowest BCUT2D eigenvalue weighted by Crippen LogP contribution is -2.58. The Balaban J connectivity index is 1.75. The van der Waals surface area contributed by atoms with E-state index in [1.165, 1.54) is 5.57 Å². The molecule has 0 amide bonds. The molecule has 4 nitrogen and oxygen atoms in total. The summed E-state index contributed by atoms with van der Waals surface area (Å²) in [7, 11) is 0. The molecule has 3 saturated carbocycles. The van der Waals surface area contributed by atoms with Crippen LogP contribution in [-0.4, -0.2) is 39.4 Å². The number of allylic oxidation sites excluding steroid dienone is 1. The molecule has 3 fully saturated rings. The standard InChI is InChI=1S/C21H32O4/c1-11(22)15-9-16(24)18-14-5-4-12-8-13(23)6-7-20(12,2)19(14)17(25)10-21(15,18)3/h4,13-19,23-25H,5-10H2,1-3H3/t13-,14-,15+,16+,17+,18+,19+,20-,21+/m0/s1. The van der Waals surface area contributed by atoms with Crippen LogP contribution < -0.4 is 0 Å². The smallest absolute Gasteiger partial charge is 0.133 e.